The van der Waals surface area contributed by atoms with E-state index in [1.165, 1.54) is 22.7 Å². The van der Waals surface area contributed by atoms with Crippen LogP contribution in [0.2, 0.25) is 0 Å². The predicted molar refractivity (Wildman–Crippen MR) is 92.7 cm³/mol. The number of hydrogen-bond acceptors (Lipinski definition) is 4. The highest BCUT2D eigenvalue weighted by atomic mass is 32.2. The first-order valence-corrected chi connectivity index (χ1v) is 10.7. The van der Waals surface area contributed by atoms with Crippen molar-refractivity contribution in [1.29, 1.82) is 0 Å². The summed E-state index contributed by atoms with van der Waals surface area (Å²) in [5, 5.41) is 0. The van der Waals surface area contributed by atoms with E-state index in [0.717, 1.165) is 11.1 Å². The lowest BCUT2D eigenvalue weighted by atomic mass is 10.0. The predicted octanol–water partition coefficient (Wildman–Crippen LogP) is 1.81. The van der Waals surface area contributed by atoms with Crippen LogP contribution in [0.15, 0.2) is 53.4 Å². The molecule has 2 aromatic carbocycles. The zero-order valence-electron chi connectivity index (χ0n) is 13.1. The number of nitrogens with one attached hydrogen (secondary N) is 1. The quantitative estimate of drug-likeness (QED) is 0.894. The molecule has 0 spiro atoms. The molecule has 0 atom stereocenters. The monoisotopic (exact) mass is 366 g/mol. The topological polar surface area (TPSA) is 83.6 Å². The maximum absolute atomic E-state index is 12.4. The van der Waals surface area contributed by atoms with Crippen LogP contribution in [0.5, 0.6) is 0 Å². The van der Waals surface area contributed by atoms with Crippen molar-refractivity contribution >= 4 is 25.7 Å². The van der Waals surface area contributed by atoms with Gasteiger partial charge in [0, 0.05) is 18.8 Å². The number of nitrogens with zero attached hydrogens (tertiary/aromatic N) is 1. The molecule has 0 amide bonds. The second-order valence-corrected chi connectivity index (χ2v) is 9.41. The Morgan fingerprint density at radius 2 is 1.67 bits per heavy atom. The second kappa shape index (κ2) is 6.19. The minimum absolute atomic E-state index is 0.181. The Morgan fingerprint density at radius 3 is 2.33 bits per heavy atom. The molecular weight excluding hydrogens is 348 g/mol. The van der Waals surface area contributed by atoms with Gasteiger partial charge in [0.05, 0.1) is 11.2 Å². The highest BCUT2D eigenvalue weighted by Crippen LogP contribution is 2.25. The molecule has 2 aromatic rings. The summed E-state index contributed by atoms with van der Waals surface area (Å²) in [4.78, 5) is 0.181. The molecule has 3 rings (SSSR count). The Bertz CT molecular complexity index is 955. The summed E-state index contributed by atoms with van der Waals surface area (Å²) in [6, 6.07) is 13.4. The number of fused-ring (bicyclic) bond motifs is 1. The van der Waals surface area contributed by atoms with Crippen molar-refractivity contribution in [2.75, 3.05) is 17.5 Å². The van der Waals surface area contributed by atoms with Gasteiger partial charge in [0.2, 0.25) is 10.0 Å². The molecular formula is C16H18N2O4S2. The summed E-state index contributed by atoms with van der Waals surface area (Å²) in [5.74, 6) is 0. The molecule has 6 nitrogen and oxygen atoms in total. The molecule has 0 aliphatic carbocycles. The van der Waals surface area contributed by atoms with Crippen LogP contribution in [-0.4, -0.2) is 33.9 Å². The largest absolute Gasteiger partial charge is 0.280 e. The van der Waals surface area contributed by atoms with Crippen molar-refractivity contribution in [3.8, 4) is 0 Å². The SMILES string of the molecule is CS(=O)(=O)N1CCc2ccc(NS(=O)(=O)c3ccccc3)cc2C1. The minimum Gasteiger partial charge on any atom is -0.280 e. The fourth-order valence-corrected chi connectivity index (χ4v) is 4.56. The first-order valence-electron chi connectivity index (χ1n) is 7.40. The summed E-state index contributed by atoms with van der Waals surface area (Å²) in [7, 11) is -6.93. The fourth-order valence-electron chi connectivity index (χ4n) is 2.69. The smallest absolute Gasteiger partial charge is 0.261 e. The second-order valence-electron chi connectivity index (χ2n) is 5.75. The van der Waals surface area contributed by atoms with Gasteiger partial charge in [0.1, 0.15) is 0 Å². The zero-order chi connectivity index (χ0) is 17.4. The van der Waals surface area contributed by atoms with Gasteiger partial charge in [-0.15, -0.1) is 0 Å². The highest BCUT2D eigenvalue weighted by molar-refractivity contribution is 7.92. The zero-order valence-corrected chi connectivity index (χ0v) is 14.8. The Morgan fingerprint density at radius 1 is 0.958 bits per heavy atom. The molecule has 128 valence electrons. The minimum atomic E-state index is -3.66. The van der Waals surface area contributed by atoms with E-state index >= 15 is 0 Å². The fraction of sp³-hybridized carbons (Fsp3) is 0.250. The molecule has 1 aliphatic heterocycles. The van der Waals surface area contributed by atoms with Crippen LogP contribution in [-0.2, 0) is 33.0 Å². The highest BCUT2D eigenvalue weighted by Gasteiger charge is 2.23. The van der Waals surface area contributed by atoms with Crippen molar-refractivity contribution in [2.45, 2.75) is 17.9 Å². The summed E-state index contributed by atoms with van der Waals surface area (Å²) < 4.78 is 52.1. The van der Waals surface area contributed by atoms with E-state index in [0.29, 0.717) is 18.7 Å². The van der Waals surface area contributed by atoms with E-state index in [-0.39, 0.29) is 11.4 Å². The number of benzene rings is 2. The Labute approximate surface area is 142 Å². The number of hydrogen-bond donors (Lipinski definition) is 1. The summed E-state index contributed by atoms with van der Waals surface area (Å²) in [5.41, 5.74) is 2.28. The molecule has 0 radical (unpaired) electrons. The molecule has 8 heteroatoms. The van der Waals surface area contributed by atoms with Crippen LogP contribution >= 0.6 is 0 Å². The molecule has 0 fully saturated rings. The van der Waals surface area contributed by atoms with Gasteiger partial charge in [-0.05, 0) is 41.8 Å². The number of sulfonamides is 2. The first-order chi connectivity index (χ1) is 11.3. The molecule has 24 heavy (non-hydrogen) atoms. The maximum atomic E-state index is 12.4. The molecule has 0 aromatic heterocycles. The third-order valence-corrected chi connectivity index (χ3v) is 6.61. The Kier molecular flexibility index (Phi) is 4.37. The number of rotatable bonds is 4. The van der Waals surface area contributed by atoms with E-state index in [2.05, 4.69) is 4.72 Å². The van der Waals surface area contributed by atoms with Gasteiger partial charge >= 0.3 is 0 Å². The van der Waals surface area contributed by atoms with Crippen LogP contribution in [0.3, 0.4) is 0 Å². The molecule has 0 bridgehead atoms. The lowest BCUT2D eigenvalue weighted by Crippen LogP contribution is -2.35. The van der Waals surface area contributed by atoms with Gasteiger partial charge in [0.25, 0.3) is 10.0 Å². The molecule has 1 aliphatic rings. The van der Waals surface area contributed by atoms with Gasteiger partial charge in [0.15, 0.2) is 0 Å². The molecule has 0 unspecified atom stereocenters. The van der Waals surface area contributed by atoms with Gasteiger partial charge in [-0.3, -0.25) is 4.72 Å². The van der Waals surface area contributed by atoms with Crippen molar-refractivity contribution in [3.05, 3.63) is 59.7 Å². The van der Waals surface area contributed by atoms with Crippen molar-refractivity contribution < 1.29 is 16.8 Å². The summed E-state index contributed by atoms with van der Waals surface area (Å²) in [6.07, 6.45) is 1.80. The third-order valence-electron chi connectivity index (χ3n) is 3.96. The van der Waals surface area contributed by atoms with Crippen LogP contribution in [0.1, 0.15) is 11.1 Å². The van der Waals surface area contributed by atoms with Crippen molar-refractivity contribution in [1.82, 2.24) is 4.31 Å². The van der Waals surface area contributed by atoms with Crippen LogP contribution < -0.4 is 4.72 Å². The van der Waals surface area contributed by atoms with Gasteiger partial charge in [-0.2, -0.15) is 4.31 Å². The molecule has 1 heterocycles. The van der Waals surface area contributed by atoms with E-state index in [1.54, 1.807) is 30.3 Å². The maximum Gasteiger partial charge on any atom is 0.261 e. The van der Waals surface area contributed by atoms with E-state index in [1.807, 2.05) is 6.07 Å². The Balaban J connectivity index is 1.87. The lowest BCUT2D eigenvalue weighted by Gasteiger charge is -2.27. The average Bonchev–Trinajstić information content (AvgIpc) is 2.54. The lowest BCUT2D eigenvalue weighted by molar-refractivity contribution is 0.395. The normalized spacial score (nSPS) is 15.7. The van der Waals surface area contributed by atoms with E-state index < -0.39 is 20.0 Å². The van der Waals surface area contributed by atoms with E-state index in [9.17, 15) is 16.8 Å². The molecule has 0 saturated carbocycles. The van der Waals surface area contributed by atoms with Crippen LogP contribution in [0.4, 0.5) is 5.69 Å². The average molecular weight is 366 g/mol. The number of anilines is 1. The van der Waals surface area contributed by atoms with Gasteiger partial charge in [-0.1, -0.05) is 24.3 Å². The summed E-state index contributed by atoms with van der Waals surface area (Å²) in [6.45, 7) is 0.704. The summed E-state index contributed by atoms with van der Waals surface area (Å²) >= 11 is 0. The Hall–Kier alpha value is -1.90. The first kappa shape index (κ1) is 16.9. The van der Waals surface area contributed by atoms with Crippen LogP contribution in [0, 0.1) is 0 Å². The van der Waals surface area contributed by atoms with Crippen molar-refractivity contribution in [3.63, 3.8) is 0 Å². The van der Waals surface area contributed by atoms with Crippen molar-refractivity contribution in [2.24, 2.45) is 0 Å². The molecule has 1 N–H and O–H groups in total. The molecule has 0 saturated heterocycles. The van der Waals surface area contributed by atoms with Crippen LogP contribution in [0.25, 0.3) is 0 Å². The van der Waals surface area contributed by atoms with Gasteiger partial charge < -0.3 is 0 Å². The van der Waals surface area contributed by atoms with Gasteiger partial charge in [-0.25, -0.2) is 16.8 Å². The van der Waals surface area contributed by atoms with E-state index in [4.69, 9.17) is 0 Å². The standard InChI is InChI=1S/C16H18N2O4S2/c1-23(19,20)18-10-9-13-7-8-15(11-14(13)12-18)17-24(21,22)16-5-3-2-4-6-16/h2-8,11,17H,9-10,12H2,1H3. The third kappa shape index (κ3) is 3.61.